The third kappa shape index (κ3) is 3.22. The number of ether oxygens (including phenoxy) is 2. The molecule has 2 rings (SSSR count). The van der Waals surface area contributed by atoms with Crippen LogP contribution in [-0.4, -0.2) is 24.0 Å². The number of amidine groups is 1. The minimum Gasteiger partial charge on any atom is -0.437 e. The lowest BCUT2D eigenvalue weighted by atomic mass is 10.0. The average Bonchev–Trinajstić information content (AvgIpc) is 2.49. The van der Waals surface area contributed by atoms with E-state index in [0.29, 0.717) is 17.1 Å². The van der Waals surface area contributed by atoms with Crippen molar-refractivity contribution in [3.05, 3.63) is 51.4 Å². The summed E-state index contributed by atoms with van der Waals surface area (Å²) >= 11 is 0. The van der Waals surface area contributed by atoms with Gasteiger partial charge in [-0.05, 0) is 19.4 Å². The Morgan fingerprint density at radius 2 is 2.14 bits per heavy atom. The van der Waals surface area contributed by atoms with Gasteiger partial charge in [0.2, 0.25) is 0 Å². The lowest BCUT2D eigenvalue weighted by Gasteiger charge is -2.24. The van der Waals surface area contributed by atoms with Gasteiger partial charge in [-0.15, -0.1) is 0 Å². The van der Waals surface area contributed by atoms with Gasteiger partial charge in [-0.1, -0.05) is 12.1 Å². The first-order valence-electron chi connectivity index (χ1n) is 6.44. The molecule has 0 bridgehead atoms. The van der Waals surface area contributed by atoms with Gasteiger partial charge in [0.05, 0.1) is 23.6 Å². The highest BCUT2D eigenvalue weighted by molar-refractivity contribution is 5.83. The Hall–Kier alpha value is -2.90. The molecule has 0 aliphatic carbocycles. The molecule has 8 nitrogen and oxygen atoms in total. The molecule has 8 heteroatoms. The summed E-state index contributed by atoms with van der Waals surface area (Å²) < 4.78 is 9.64. The molecule has 0 amide bonds. The third-order valence-corrected chi connectivity index (χ3v) is 3.07. The lowest BCUT2D eigenvalue weighted by molar-refractivity contribution is -0.384. The summed E-state index contributed by atoms with van der Waals surface area (Å²) in [6.45, 7) is 3.48. The van der Waals surface area contributed by atoms with E-state index >= 15 is 0 Å². The quantitative estimate of drug-likeness (QED) is 0.523. The molecule has 1 atom stereocenters. The van der Waals surface area contributed by atoms with Crippen LogP contribution in [0.4, 0.5) is 10.5 Å². The van der Waals surface area contributed by atoms with Gasteiger partial charge < -0.3 is 14.8 Å². The highest BCUT2D eigenvalue weighted by atomic mass is 16.7. The second kappa shape index (κ2) is 6.25. The zero-order valence-corrected chi connectivity index (χ0v) is 12.3. The van der Waals surface area contributed by atoms with E-state index in [1.54, 1.807) is 26.0 Å². The van der Waals surface area contributed by atoms with Crippen molar-refractivity contribution < 1.29 is 19.2 Å². The highest BCUT2D eigenvalue weighted by Crippen LogP contribution is 2.33. The number of nitrogens with zero attached hydrogens (tertiary/aromatic N) is 2. The molecule has 1 N–H and O–H groups in total. The third-order valence-electron chi connectivity index (χ3n) is 3.07. The average molecular weight is 305 g/mol. The Kier molecular flexibility index (Phi) is 4.40. The van der Waals surface area contributed by atoms with Crippen molar-refractivity contribution >= 4 is 17.7 Å². The van der Waals surface area contributed by atoms with Crippen LogP contribution in [-0.2, 0) is 9.47 Å². The second-order valence-electron chi connectivity index (χ2n) is 4.64. The molecule has 116 valence electrons. The van der Waals surface area contributed by atoms with Crippen molar-refractivity contribution in [3.8, 4) is 0 Å². The zero-order chi connectivity index (χ0) is 16.3. The van der Waals surface area contributed by atoms with E-state index in [1.165, 1.54) is 19.2 Å². The van der Waals surface area contributed by atoms with Crippen LogP contribution in [0.5, 0.6) is 0 Å². The van der Waals surface area contributed by atoms with Crippen LogP contribution in [0.2, 0.25) is 0 Å². The second-order valence-corrected chi connectivity index (χ2v) is 4.64. The molecule has 0 saturated carbocycles. The molecule has 1 heterocycles. The zero-order valence-electron chi connectivity index (χ0n) is 12.3. The summed E-state index contributed by atoms with van der Waals surface area (Å²) in [5.74, 6) is 0.865. The highest BCUT2D eigenvalue weighted by Gasteiger charge is 2.28. The monoisotopic (exact) mass is 305 g/mol. The smallest absolute Gasteiger partial charge is 0.437 e. The van der Waals surface area contributed by atoms with E-state index in [2.05, 4.69) is 15.0 Å². The van der Waals surface area contributed by atoms with Gasteiger partial charge in [0.15, 0.2) is 5.76 Å². The number of methoxy groups -OCH3 is 1. The number of allylic oxidation sites excluding steroid dienone is 1. The van der Waals surface area contributed by atoms with E-state index < -0.39 is 17.1 Å². The Morgan fingerprint density at radius 1 is 1.41 bits per heavy atom. The Balaban J connectivity index is 2.44. The lowest BCUT2D eigenvalue weighted by Crippen LogP contribution is -2.28. The molecular formula is C14H15N3O5. The maximum atomic E-state index is 11.4. The van der Waals surface area contributed by atoms with Gasteiger partial charge in [-0.25, -0.2) is 4.79 Å². The summed E-state index contributed by atoms with van der Waals surface area (Å²) in [7, 11) is 1.20. The van der Waals surface area contributed by atoms with Crippen molar-refractivity contribution in [2.45, 2.75) is 19.9 Å². The molecule has 1 aliphatic rings. The number of non-ortho nitro benzene ring substituents is 1. The number of nitrogens with one attached hydrogen (secondary N) is 1. The first-order valence-corrected chi connectivity index (χ1v) is 6.44. The van der Waals surface area contributed by atoms with Gasteiger partial charge >= 0.3 is 6.16 Å². The predicted octanol–water partition coefficient (Wildman–Crippen LogP) is 2.67. The maximum absolute atomic E-state index is 11.4. The number of rotatable bonds is 3. The van der Waals surface area contributed by atoms with E-state index in [4.69, 9.17) is 4.74 Å². The SMILES string of the molecule is COC(=O)OC1=C(C)NC(C)=NC1c1cccc([N+](=O)[O-])c1. The van der Waals surface area contributed by atoms with Crippen LogP contribution in [0, 0.1) is 10.1 Å². The number of hydrogen-bond acceptors (Lipinski definition) is 7. The first-order chi connectivity index (χ1) is 10.4. The summed E-state index contributed by atoms with van der Waals surface area (Å²) in [6, 6.07) is 5.39. The summed E-state index contributed by atoms with van der Waals surface area (Å²) in [5.41, 5.74) is 1.08. The van der Waals surface area contributed by atoms with Gasteiger partial charge in [0, 0.05) is 12.1 Å². The minimum atomic E-state index is -0.874. The standard InChI is InChI=1S/C14H15N3O5/c1-8-13(22-14(18)21-3)12(16-9(2)15-8)10-5-4-6-11(7-10)17(19)20/h4-7,12H,1-3H3,(H,15,16). The van der Waals surface area contributed by atoms with Crippen molar-refractivity contribution in [2.24, 2.45) is 4.99 Å². The van der Waals surface area contributed by atoms with Crippen molar-refractivity contribution in [3.63, 3.8) is 0 Å². The molecule has 0 aromatic heterocycles. The number of hydrogen-bond donors (Lipinski definition) is 1. The number of carbonyl (C=O) groups is 1. The number of carbonyl (C=O) groups excluding carboxylic acids is 1. The molecule has 1 unspecified atom stereocenters. The van der Waals surface area contributed by atoms with Crippen molar-refractivity contribution in [2.75, 3.05) is 7.11 Å². The fraction of sp³-hybridized carbons (Fsp3) is 0.286. The molecule has 22 heavy (non-hydrogen) atoms. The molecule has 1 aromatic rings. The molecular weight excluding hydrogens is 290 g/mol. The topological polar surface area (TPSA) is 103 Å². The van der Waals surface area contributed by atoms with Gasteiger partial charge in [0.25, 0.3) is 5.69 Å². The number of nitro groups is 1. The number of aliphatic imine (C=N–C) groups is 1. The van der Waals surface area contributed by atoms with Crippen LogP contribution >= 0.6 is 0 Å². The van der Waals surface area contributed by atoms with E-state index in [0.717, 1.165) is 0 Å². The normalized spacial score (nSPS) is 17.4. The molecule has 0 spiro atoms. The van der Waals surface area contributed by atoms with E-state index in [-0.39, 0.29) is 11.4 Å². The van der Waals surface area contributed by atoms with Crippen LogP contribution in [0.1, 0.15) is 25.5 Å². The summed E-state index contributed by atoms with van der Waals surface area (Å²) in [4.78, 5) is 26.2. The van der Waals surface area contributed by atoms with Gasteiger partial charge in [-0.2, -0.15) is 0 Å². The largest absolute Gasteiger partial charge is 0.513 e. The molecule has 0 radical (unpaired) electrons. The van der Waals surface area contributed by atoms with E-state index in [9.17, 15) is 14.9 Å². The Morgan fingerprint density at radius 3 is 2.77 bits per heavy atom. The maximum Gasteiger partial charge on any atom is 0.513 e. The summed E-state index contributed by atoms with van der Waals surface area (Å²) in [5, 5.41) is 13.9. The van der Waals surface area contributed by atoms with Crippen molar-refractivity contribution in [1.82, 2.24) is 5.32 Å². The number of benzene rings is 1. The Labute approximate surface area is 126 Å². The predicted molar refractivity (Wildman–Crippen MR) is 78.3 cm³/mol. The summed E-state index contributed by atoms with van der Waals surface area (Å²) in [6.07, 6.45) is -0.874. The van der Waals surface area contributed by atoms with Crippen molar-refractivity contribution in [1.29, 1.82) is 0 Å². The van der Waals surface area contributed by atoms with Crippen LogP contribution < -0.4 is 5.32 Å². The van der Waals surface area contributed by atoms with Gasteiger partial charge in [-0.3, -0.25) is 15.1 Å². The molecule has 1 aromatic carbocycles. The fourth-order valence-corrected chi connectivity index (χ4v) is 2.12. The van der Waals surface area contributed by atoms with Gasteiger partial charge in [0.1, 0.15) is 6.04 Å². The fourth-order valence-electron chi connectivity index (χ4n) is 2.12. The molecule has 1 aliphatic heterocycles. The first kappa shape index (κ1) is 15.5. The Bertz CT molecular complexity index is 681. The van der Waals surface area contributed by atoms with Crippen LogP contribution in [0.25, 0.3) is 0 Å². The molecule has 0 fully saturated rings. The number of nitro benzene ring substituents is 1. The molecule has 0 saturated heterocycles. The van der Waals surface area contributed by atoms with E-state index in [1.807, 2.05) is 0 Å². The minimum absolute atomic E-state index is 0.0565. The van der Waals surface area contributed by atoms with Crippen LogP contribution in [0.3, 0.4) is 0 Å². The van der Waals surface area contributed by atoms with Crippen LogP contribution in [0.15, 0.2) is 40.7 Å².